The molecule has 0 atom stereocenters. The number of ether oxygens (including phenoxy) is 1. The lowest BCUT2D eigenvalue weighted by Gasteiger charge is -2.10. The van der Waals surface area contributed by atoms with Gasteiger partial charge in [-0.2, -0.15) is 5.10 Å². The number of aromatic nitrogens is 2. The summed E-state index contributed by atoms with van der Waals surface area (Å²) in [6, 6.07) is 7.74. The summed E-state index contributed by atoms with van der Waals surface area (Å²) in [4.78, 5) is 0.376. The van der Waals surface area contributed by atoms with Crippen molar-refractivity contribution in [2.75, 3.05) is 0 Å². The van der Waals surface area contributed by atoms with Gasteiger partial charge in [0, 0.05) is 12.6 Å². The van der Waals surface area contributed by atoms with Gasteiger partial charge in [0.15, 0.2) is 0 Å². The highest BCUT2D eigenvalue weighted by atomic mass is 32.1. The van der Waals surface area contributed by atoms with Gasteiger partial charge >= 0.3 is 0 Å². The summed E-state index contributed by atoms with van der Waals surface area (Å²) in [7, 11) is 1.91. The van der Waals surface area contributed by atoms with Crippen LogP contribution in [0.1, 0.15) is 22.5 Å². The molecule has 1 aromatic carbocycles. The maximum atomic E-state index is 5.83. The van der Waals surface area contributed by atoms with Crippen LogP contribution in [-0.2, 0) is 13.7 Å². The summed E-state index contributed by atoms with van der Waals surface area (Å²) in [5.74, 6) is 0.796. The molecule has 0 aliphatic heterocycles. The molecule has 100 valence electrons. The molecule has 0 bridgehead atoms. The van der Waals surface area contributed by atoms with Crippen molar-refractivity contribution < 1.29 is 4.74 Å². The van der Waals surface area contributed by atoms with Crippen LogP contribution in [0.3, 0.4) is 0 Å². The molecule has 0 aliphatic rings. The molecule has 0 amide bonds. The fourth-order valence-electron chi connectivity index (χ4n) is 1.86. The summed E-state index contributed by atoms with van der Waals surface area (Å²) < 4.78 is 7.65. The molecule has 0 unspecified atom stereocenters. The Morgan fingerprint density at radius 2 is 2.11 bits per heavy atom. The van der Waals surface area contributed by atoms with Crippen molar-refractivity contribution in [1.29, 1.82) is 0 Å². The van der Waals surface area contributed by atoms with Crippen molar-refractivity contribution in [3.05, 3.63) is 46.8 Å². The van der Waals surface area contributed by atoms with Gasteiger partial charge in [-0.05, 0) is 31.5 Å². The highest BCUT2D eigenvalue weighted by Crippen LogP contribution is 2.21. The largest absolute Gasteiger partial charge is 0.487 e. The third-order valence-electron chi connectivity index (χ3n) is 2.95. The van der Waals surface area contributed by atoms with E-state index in [2.05, 4.69) is 5.10 Å². The van der Waals surface area contributed by atoms with E-state index in [0.29, 0.717) is 11.6 Å². The Labute approximate surface area is 118 Å². The smallest absolute Gasteiger partial charge is 0.130 e. The van der Waals surface area contributed by atoms with Crippen LogP contribution in [-0.4, -0.2) is 14.8 Å². The predicted octanol–water partition coefficient (Wildman–Crippen LogP) is 2.25. The second kappa shape index (κ2) is 5.40. The molecule has 0 aliphatic carbocycles. The van der Waals surface area contributed by atoms with E-state index >= 15 is 0 Å². The molecule has 4 nitrogen and oxygen atoms in total. The number of aryl methyl sites for hydroxylation is 3. The first-order valence-corrected chi connectivity index (χ1v) is 6.41. The van der Waals surface area contributed by atoms with Crippen molar-refractivity contribution in [3.63, 3.8) is 0 Å². The number of thiocarbonyl (C=S) groups is 1. The maximum Gasteiger partial charge on any atom is 0.130 e. The van der Waals surface area contributed by atoms with E-state index in [0.717, 1.165) is 28.3 Å². The van der Waals surface area contributed by atoms with Gasteiger partial charge in [-0.1, -0.05) is 24.4 Å². The highest BCUT2D eigenvalue weighted by Gasteiger charge is 2.06. The van der Waals surface area contributed by atoms with Gasteiger partial charge in [0.2, 0.25) is 0 Å². The van der Waals surface area contributed by atoms with E-state index in [4.69, 9.17) is 22.7 Å². The summed E-state index contributed by atoms with van der Waals surface area (Å²) in [6.07, 6.45) is 0. The monoisotopic (exact) mass is 275 g/mol. The van der Waals surface area contributed by atoms with E-state index in [1.807, 2.05) is 49.8 Å². The predicted molar refractivity (Wildman–Crippen MR) is 79.3 cm³/mol. The van der Waals surface area contributed by atoms with Crippen molar-refractivity contribution in [1.82, 2.24) is 9.78 Å². The van der Waals surface area contributed by atoms with Crippen LogP contribution in [0, 0.1) is 13.8 Å². The van der Waals surface area contributed by atoms with Crippen LogP contribution < -0.4 is 10.5 Å². The second-order valence-corrected chi connectivity index (χ2v) is 4.97. The maximum absolute atomic E-state index is 5.83. The first kappa shape index (κ1) is 13.5. The fraction of sp³-hybridized carbons (Fsp3) is 0.286. The topological polar surface area (TPSA) is 53.1 Å². The molecule has 0 spiro atoms. The third kappa shape index (κ3) is 3.12. The summed E-state index contributed by atoms with van der Waals surface area (Å²) >= 11 is 4.97. The SMILES string of the molecule is Cc1cc(COc2cc(C(N)=S)ccc2C)n(C)n1. The van der Waals surface area contributed by atoms with Gasteiger partial charge in [0.25, 0.3) is 0 Å². The average molecular weight is 275 g/mol. The Kier molecular flexibility index (Phi) is 3.85. The average Bonchev–Trinajstić information content (AvgIpc) is 2.66. The molecule has 0 saturated carbocycles. The zero-order valence-electron chi connectivity index (χ0n) is 11.3. The van der Waals surface area contributed by atoms with Gasteiger partial charge in [-0.25, -0.2) is 0 Å². The van der Waals surface area contributed by atoms with E-state index in [9.17, 15) is 0 Å². The Morgan fingerprint density at radius 3 is 2.68 bits per heavy atom. The van der Waals surface area contributed by atoms with Crippen molar-refractivity contribution in [3.8, 4) is 5.75 Å². The molecule has 2 aromatic rings. The number of nitrogens with zero attached hydrogens (tertiary/aromatic N) is 2. The van der Waals surface area contributed by atoms with E-state index in [1.165, 1.54) is 0 Å². The summed E-state index contributed by atoms with van der Waals surface area (Å²) in [5.41, 5.74) is 9.51. The molecule has 5 heteroatoms. The number of benzene rings is 1. The second-order valence-electron chi connectivity index (χ2n) is 4.53. The Balaban J connectivity index is 2.17. The van der Waals surface area contributed by atoms with Crippen LogP contribution in [0.25, 0.3) is 0 Å². The Hall–Kier alpha value is -1.88. The van der Waals surface area contributed by atoms with Gasteiger partial charge in [-0.3, -0.25) is 4.68 Å². The number of nitrogens with two attached hydrogens (primary N) is 1. The van der Waals surface area contributed by atoms with Gasteiger partial charge in [-0.15, -0.1) is 0 Å². The zero-order valence-corrected chi connectivity index (χ0v) is 12.1. The first-order valence-electron chi connectivity index (χ1n) is 6.00. The molecule has 2 rings (SSSR count). The molecule has 0 radical (unpaired) electrons. The first-order chi connectivity index (χ1) is 8.97. The van der Waals surface area contributed by atoms with Gasteiger partial charge in [0.1, 0.15) is 17.3 Å². The van der Waals surface area contributed by atoms with Gasteiger partial charge < -0.3 is 10.5 Å². The number of hydrogen-bond donors (Lipinski definition) is 1. The summed E-state index contributed by atoms with van der Waals surface area (Å²) in [5, 5.41) is 4.29. The van der Waals surface area contributed by atoms with Crippen LogP contribution in [0.5, 0.6) is 5.75 Å². The van der Waals surface area contributed by atoms with E-state index in [-0.39, 0.29) is 0 Å². The van der Waals surface area contributed by atoms with Crippen molar-refractivity contribution >= 4 is 17.2 Å². The van der Waals surface area contributed by atoms with Crippen molar-refractivity contribution in [2.45, 2.75) is 20.5 Å². The highest BCUT2D eigenvalue weighted by molar-refractivity contribution is 7.80. The Bertz CT molecular complexity index is 619. The minimum Gasteiger partial charge on any atom is -0.487 e. The standard InChI is InChI=1S/C14H17N3OS/c1-9-4-5-11(14(15)19)7-13(9)18-8-12-6-10(2)16-17(12)3/h4-7H,8H2,1-3H3,(H2,15,19). The molecule has 0 fully saturated rings. The minimum absolute atomic E-state index is 0.376. The van der Waals surface area contributed by atoms with Gasteiger partial charge in [0.05, 0.1) is 11.4 Å². The lowest BCUT2D eigenvalue weighted by atomic mass is 10.1. The molecule has 1 heterocycles. The van der Waals surface area contributed by atoms with E-state index in [1.54, 1.807) is 0 Å². The molecule has 19 heavy (non-hydrogen) atoms. The number of hydrogen-bond acceptors (Lipinski definition) is 3. The van der Waals surface area contributed by atoms with Crippen LogP contribution >= 0.6 is 12.2 Å². The van der Waals surface area contributed by atoms with Crippen molar-refractivity contribution in [2.24, 2.45) is 12.8 Å². The van der Waals surface area contributed by atoms with Crippen LogP contribution in [0.4, 0.5) is 0 Å². The van der Waals surface area contributed by atoms with Crippen LogP contribution in [0.2, 0.25) is 0 Å². The zero-order chi connectivity index (χ0) is 14.0. The molecular formula is C14H17N3OS. The fourth-order valence-corrected chi connectivity index (χ4v) is 1.99. The number of rotatable bonds is 4. The minimum atomic E-state index is 0.376. The quantitative estimate of drug-likeness (QED) is 0.870. The normalized spacial score (nSPS) is 10.5. The lowest BCUT2D eigenvalue weighted by Crippen LogP contribution is -2.10. The molecule has 1 aromatic heterocycles. The lowest BCUT2D eigenvalue weighted by molar-refractivity contribution is 0.293. The molecule has 2 N–H and O–H groups in total. The summed E-state index contributed by atoms with van der Waals surface area (Å²) in [6.45, 7) is 4.42. The molecule has 0 saturated heterocycles. The Morgan fingerprint density at radius 1 is 1.37 bits per heavy atom. The van der Waals surface area contributed by atoms with Crippen LogP contribution in [0.15, 0.2) is 24.3 Å². The van der Waals surface area contributed by atoms with E-state index < -0.39 is 0 Å². The molecular weight excluding hydrogens is 258 g/mol. The third-order valence-corrected chi connectivity index (χ3v) is 3.18.